The molecule has 0 aliphatic heterocycles. The molecule has 0 heterocycles. The lowest BCUT2D eigenvalue weighted by molar-refractivity contribution is 0.588. The quantitative estimate of drug-likeness (QED) is 0.859. The molecule has 90 valence electrons. The second-order valence-electron chi connectivity index (χ2n) is 4.09. The van der Waals surface area contributed by atoms with Crippen molar-refractivity contribution >= 4 is 9.84 Å². The molecule has 3 nitrogen and oxygen atoms in total. The number of sulfone groups is 1. The Kier molecular flexibility index (Phi) is 4.50. The van der Waals surface area contributed by atoms with E-state index >= 15 is 0 Å². The topological polar surface area (TPSA) is 46.2 Å². The van der Waals surface area contributed by atoms with E-state index in [1.165, 1.54) is 0 Å². The molecule has 1 aromatic carbocycles. The first-order chi connectivity index (χ1) is 7.47. The van der Waals surface area contributed by atoms with E-state index in [9.17, 15) is 8.42 Å². The molecule has 1 aromatic rings. The van der Waals surface area contributed by atoms with Gasteiger partial charge in [-0.15, -0.1) is 0 Å². The lowest BCUT2D eigenvalue weighted by Gasteiger charge is -2.08. The van der Waals surface area contributed by atoms with Gasteiger partial charge in [0, 0.05) is 0 Å². The molecule has 16 heavy (non-hydrogen) atoms. The van der Waals surface area contributed by atoms with E-state index in [1.54, 1.807) is 12.1 Å². The summed E-state index contributed by atoms with van der Waals surface area (Å²) in [5.41, 5.74) is 1.16. The van der Waals surface area contributed by atoms with Gasteiger partial charge in [0.1, 0.15) is 5.88 Å². The molecular weight excluding hydrogens is 222 g/mol. The Hall–Kier alpha value is -0.870. The zero-order valence-electron chi connectivity index (χ0n) is 10.0. The van der Waals surface area contributed by atoms with Crippen molar-refractivity contribution in [1.29, 1.82) is 0 Å². The minimum Gasteiger partial charge on any atom is -0.304 e. The van der Waals surface area contributed by atoms with Gasteiger partial charge in [-0.25, -0.2) is 8.42 Å². The predicted octanol–water partition coefficient (Wildman–Crippen LogP) is 2.15. The predicted molar refractivity (Wildman–Crippen MR) is 66.3 cm³/mol. The van der Waals surface area contributed by atoms with Crippen LogP contribution in [0.3, 0.4) is 0 Å². The fourth-order valence-electron chi connectivity index (χ4n) is 1.38. The molecule has 0 aliphatic rings. The summed E-state index contributed by atoms with van der Waals surface area (Å²) >= 11 is 0. The van der Waals surface area contributed by atoms with Crippen molar-refractivity contribution in [2.24, 2.45) is 0 Å². The van der Waals surface area contributed by atoms with Crippen LogP contribution in [0.5, 0.6) is 0 Å². The molecule has 0 aromatic heterocycles. The minimum absolute atomic E-state index is 0.00449. The van der Waals surface area contributed by atoms with E-state index in [2.05, 4.69) is 19.2 Å². The van der Waals surface area contributed by atoms with Crippen molar-refractivity contribution in [3.05, 3.63) is 29.8 Å². The maximum Gasteiger partial charge on any atom is 0.191 e. The molecule has 0 spiro atoms. The highest BCUT2D eigenvalue weighted by molar-refractivity contribution is 7.91. The Morgan fingerprint density at radius 2 is 1.75 bits per heavy atom. The molecular formula is C12H19NO2S. The molecule has 0 saturated heterocycles. The Morgan fingerprint density at radius 1 is 1.19 bits per heavy atom. The molecule has 0 amide bonds. The van der Waals surface area contributed by atoms with Gasteiger partial charge in [0.05, 0.1) is 4.90 Å². The van der Waals surface area contributed by atoms with Crippen LogP contribution >= 0.6 is 0 Å². The average Bonchev–Trinajstić information content (AvgIpc) is 2.26. The molecule has 1 N–H and O–H groups in total. The highest BCUT2D eigenvalue weighted by Gasteiger charge is 2.13. The first-order valence-corrected chi connectivity index (χ1v) is 7.16. The lowest BCUT2D eigenvalue weighted by Crippen LogP contribution is -2.22. The molecule has 0 bridgehead atoms. The highest BCUT2D eigenvalue weighted by Crippen LogP contribution is 2.17. The van der Waals surface area contributed by atoms with Crippen LogP contribution in [0.25, 0.3) is 0 Å². The number of rotatable bonds is 5. The van der Waals surface area contributed by atoms with Gasteiger partial charge in [-0.05, 0) is 30.2 Å². The number of benzene rings is 1. The van der Waals surface area contributed by atoms with Crippen LogP contribution in [0.15, 0.2) is 29.2 Å². The van der Waals surface area contributed by atoms with Gasteiger partial charge >= 0.3 is 0 Å². The second kappa shape index (κ2) is 5.46. The van der Waals surface area contributed by atoms with Gasteiger partial charge in [-0.2, -0.15) is 0 Å². The maximum atomic E-state index is 11.8. The van der Waals surface area contributed by atoms with Crippen LogP contribution in [0.1, 0.15) is 32.3 Å². The summed E-state index contributed by atoms with van der Waals surface area (Å²) in [6.07, 6.45) is 0. The molecule has 0 atom stereocenters. The van der Waals surface area contributed by atoms with E-state index in [-0.39, 0.29) is 5.88 Å². The monoisotopic (exact) mass is 241 g/mol. The maximum absolute atomic E-state index is 11.8. The zero-order valence-corrected chi connectivity index (χ0v) is 10.8. The summed E-state index contributed by atoms with van der Waals surface area (Å²) in [6, 6.07) is 7.12. The van der Waals surface area contributed by atoms with Crippen molar-refractivity contribution in [3.63, 3.8) is 0 Å². The Balaban J connectivity index is 2.89. The molecule has 4 heteroatoms. The van der Waals surface area contributed by atoms with Crippen molar-refractivity contribution in [3.8, 4) is 0 Å². The lowest BCUT2D eigenvalue weighted by atomic mass is 10.0. The Bertz CT molecular complexity index is 421. The van der Waals surface area contributed by atoms with Crippen molar-refractivity contribution in [1.82, 2.24) is 5.32 Å². The summed E-state index contributed by atoms with van der Waals surface area (Å²) in [5, 5.41) is 2.84. The number of hydrogen-bond acceptors (Lipinski definition) is 3. The van der Waals surface area contributed by atoms with Crippen LogP contribution in [-0.4, -0.2) is 20.8 Å². The third kappa shape index (κ3) is 3.32. The first kappa shape index (κ1) is 13.2. The zero-order chi connectivity index (χ0) is 12.2. The van der Waals surface area contributed by atoms with Crippen LogP contribution in [-0.2, 0) is 9.84 Å². The van der Waals surface area contributed by atoms with Crippen molar-refractivity contribution in [2.45, 2.75) is 31.6 Å². The molecule has 0 fully saturated rings. The summed E-state index contributed by atoms with van der Waals surface area (Å²) in [7, 11) is -3.18. The molecule has 0 aliphatic carbocycles. The molecule has 0 saturated carbocycles. The van der Waals surface area contributed by atoms with E-state index in [0.717, 1.165) is 5.56 Å². The second-order valence-corrected chi connectivity index (χ2v) is 6.08. The van der Waals surface area contributed by atoms with Crippen LogP contribution in [0.4, 0.5) is 0 Å². The van der Waals surface area contributed by atoms with Crippen LogP contribution in [0.2, 0.25) is 0 Å². The summed E-state index contributed by atoms with van der Waals surface area (Å²) in [5.74, 6) is 0.426. The van der Waals surface area contributed by atoms with Gasteiger partial charge in [0.2, 0.25) is 0 Å². The van der Waals surface area contributed by atoms with Crippen LogP contribution < -0.4 is 5.32 Å². The third-order valence-corrected chi connectivity index (χ3v) is 4.02. The summed E-state index contributed by atoms with van der Waals surface area (Å²) in [4.78, 5) is 0.387. The fraction of sp³-hybridized carbons (Fsp3) is 0.500. The van der Waals surface area contributed by atoms with E-state index in [4.69, 9.17) is 0 Å². The Labute approximate surface area is 97.8 Å². The first-order valence-electron chi connectivity index (χ1n) is 5.51. The molecule has 0 unspecified atom stereocenters. The minimum atomic E-state index is -3.18. The van der Waals surface area contributed by atoms with Crippen molar-refractivity contribution < 1.29 is 8.42 Å². The van der Waals surface area contributed by atoms with E-state index < -0.39 is 9.84 Å². The summed E-state index contributed by atoms with van der Waals surface area (Å²) in [6.45, 7) is 6.71. The molecule has 1 rings (SSSR count). The standard InChI is InChI=1S/C12H19NO2S/c1-4-13-9-16(14,15)12-7-5-11(6-8-12)10(2)3/h5-8,10,13H,4,9H2,1-3H3. The van der Waals surface area contributed by atoms with Crippen LogP contribution in [0, 0.1) is 0 Å². The summed E-state index contributed by atoms with van der Waals surface area (Å²) < 4.78 is 23.6. The van der Waals surface area contributed by atoms with Gasteiger partial charge < -0.3 is 5.32 Å². The fourth-order valence-corrected chi connectivity index (χ4v) is 2.57. The highest BCUT2D eigenvalue weighted by atomic mass is 32.2. The Morgan fingerprint density at radius 3 is 2.19 bits per heavy atom. The average molecular weight is 241 g/mol. The van der Waals surface area contributed by atoms with Crippen molar-refractivity contribution in [2.75, 3.05) is 12.4 Å². The van der Waals surface area contributed by atoms with Gasteiger partial charge in [0.15, 0.2) is 9.84 Å². The smallest absolute Gasteiger partial charge is 0.191 e. The van der Waals surface area contributed by atoms with Gasteiger partial charge in [-0.1, -0.05) is 32.9 Å². The largest absolute Gasteiger partial charge is 0.304 e. The SMILES string of the molecule is CCNCS(=O)(=O)c1ccc(C(C)C)cc1. The number of hydrogen-bond donors (Lipinski definition) is 1. The third-order valence-electron chi connectivity index (χ3n) is 2.45. The van der Waals surface area contributed by atoms with E-state index in [0.29, 0.717) is 17.4 Å². The van der Waals surface area contributed by atoms with Gasteiger partial charge in [-0.3, -0.25) is 0 Å². The van der Waals surface area contributed by atoms with E-state index in [1.807, 2.05) is 19.1 Å². The van der Waals surface area contributed by atoms with Gasteiger partial charge in [0.25, 0.3) is 0 Å². The number of nitrogens with one attached hydrogen (secondary N) is 1. The molecule has 0 radical (unpaired) electrons. The normalized spacial score (nSPS) is 12.0.